The first kappa shape index (κ1) is 24.2. The quantitative estimate of drug-likeness (QED) is 0.571. The molecular formula is C28H38BrN3O2. The molecule has 184 valence electrons. The summed E-state index contributed by atoms with van der Waals surface area (Å²) in [5.74, 6) is 2.21. The van der Waals surface area contributed by atoms with Crippen molar-refractivity contribution < 1.29 is 9.84 Å². The van der Waals surface area contributed by atoms with Gasteiger partial charge >= 0.3 is 0 Å². The van der Waals surface area contributed by atoms with Crippen LogP contribution in [0.3, 0.4) is 0 Å². The molecule has 1 fully saturated rings. The number of methoxy groups -OCH3 is 1. The van der Waals surface area contributed by atoms with Crippen LogP contribution in [0.5, 0.6) is 0 Å². The van der Waals surface area contributed by atoms with Crippen molar-refractivity contribution in [1.29, 1.82) is 0 Å². The molecule has 5 nitrogen and oxygen atoms in total. The van der Waals surface area contributed by atoms with Gasteiger partial charge in [-0.15, -0.1) is 0 Å². The van der Waals surface area contributed by atoms with E-state index in [1.165, 1.54) is 22.0 Å². The van der Waals surface area contributed by atoms with E-state index < -0.39 is 5.60 Å². The van der Waals surface area contributed by atoms with Gasteiger partial charge in [-0.3, -0.25) is 0 Å². The maximum absolute atomic E-state index is 11.0. The number of ether oxygens (including phenoxy) is 1. The molecular weight excluding hydrogens is 490 g/mol. The molecule has 0 amide bonds. The number of imidazole rings is 1. The molecule has 5 rings (SSSR count). The lowest BCUT2D eigenvalue weighted by Crippen LogP contribution is -2.48. The summed E-state index contributed by atoms with van der Waals surface area (Å²) in [6, 6.07) is 6.89. The molecule has 0 saturated carbocycles. The van der Waals surface area contributed by atoms with Crippen molar-refractivity contribution in [2.75, 3.05) is 26.7 Å². The molecule has 0 spiro atoms. The van der Waals surface area contributed by atoms with Crippen LogP contribution in [0.15, 0.2) is 28.7 Å². The number of nitrogens with zero attached hydrogens (tertiary/aromatic N) is 3. The number of rotatable bonds is 5. The molecule has 6 heteroatoms. The van der Waals surface area contributed by atoms with Crippen LogP contribution in [0.1, 0.15) is 74.4 Å². The Kier molecular flexibility index (Phi) is 6.56. The third kappa shape index (κ3) is 4.43. The number of aliphatic hydroxyl groups is 1. The summed E-state index contributed by atoms with van der Waals surface area (Å²) >= 11 is 3.62. The van der Waals surface area contributed by atoms with Crippen molar-refractivity contribution in [3.63, 3.8) is 0 Å². The van der Waals surface area contributed by atoms with Gasteiger partial charge in [0.1, 0.15) is 11.4 Å². The lowest BCUT2D eigenvalue weighted by Gasteiger charge is -2.41. The van der Waals surface area contributed by atoms with Crippen molar-refractivity contribution >= 4 is 22.0 Å². The first-order valence-electron chi connectivity index (χ1n) is 12.7. The molecule has 2 aromatic rings. The maximum Gasteiger partial charge on any atom is 0.141 e. The Morgan fingerprint density at radius 2 is 1.97 bits per heavy atom. The number of hydrogen-bond acceptors (Lipinski definition) is 4. The fraction of sp³-hybridized carbons (Fsp3) is 0.607. The number of benzene rings is 1. The van der Waals surface area contributed by atoms with Crippen LogP contribution in [0, 0.1) is 11.8 Å². The zero-order chi connectivity index (χ0) is 24.2. The minimum Gasteiger partial charge on any atom is -0.383 e. The fourth-order valence-electron chi connectivity index (χ4n) is 6.22. The molecule has 1 aromatic carbocycles. The predicted octanol–water partition coefficient (Wildman–Crippen LogP) is 5.32. The maximum atomic E-state index is 11.0. The minimum absolute atomic E-state index is 0.0640. The smallest absolute Gasteiger partial charge is 0.141 e. The summed E-state index contributed by atoms with van der Waals surface area (Å²) in [5.41, 5.74) is 4.25. The lowest BCUT2D eigenvalue weighted by atomic mass is 9.87. The van der Waals surface area contributed by atoms with Gasteiger partial charge in [0.15, 0.2) is 0 Å². The molecule has 1 N–H and O–H groups in total. The van der Waals surface area contributed by atoms with Gasteiger partial charge < -0.3 is 19.3 Å². The van der Waals surface area contributed by atoms with Gasteiger partial charge in [-0.25, -0.2) is 4.98 Å². The fourth-order valence-corrected chi connectivity index (χ4v) is 6.63. The van der Waals surface area contributed by atoms with Gasteiger partial charge in [0, 0.05) is 37.1 Å². The average molecular weight is 529 g/mol. The SMILES string of the molecule is CO[C@@H]1CN(CC2Cc3ccc(Br)cc3C2)CCC1n1c(C(C)(C)O)nc2c1C=CC(C)C2C. The van der Waals surface area contributed by atoms with E-state index in [1.807, 2.05) is 21.0 Å². The van der Waals surface area contributed by atoms with Crippen LogP contribution in [-0.4, -0.2) is 52.4 Å². The number of likely N-dealkylation sites (tertiary alicyclic amines) is 1. The Balaban J connectivity index is 1.36. The molecule has 1 aliphatic heterocycles. The predicted molar refractivity (Wildman–Crippen MR) is 140 cm³/mol. The Hall–Kier alpha value is -1.47. The molecule has 0 bridgehead atoms. The van der Waals surface area contributed by atoms with Crippen molar-refractivity contribution in [2.45, 2.75) is 70.6 Å². The highest BCUT2D eigenvalue weighted by atomic mass is 79.9. The first-order valence-corrected chi connectivity index (χ1v) is 13.5. The number of halogens is 1. The molecule has 5 atom stereocenters. The zero-order valence-corrected chi connectivity index (χ0v) is 22.7. The molecule has 2 heterocycles. The monoisotopic (exact) mass is 527 g/mol. The van der Waals surface area contributed by atoms with Gasteiger partial charge in [-0.05, 0) is 74.3 Å². The number of fused-ring (bicyclic) bond motifs is 2. The second kappa shape index (κ2) is 9.20. The largest absolute Gasteiger partial charge is 0.383 e. The van der Waals surface area contributed by atoms with Crippen molar-refractivity contribution in [2.24, 2.45) is 11.8 Å². The molecule has 1 saturated heterocycles. The van der Waals surface area contributed by atoms with E-state index in [0.717, 1.165) is 49.7 Å². The third-order valence-electron chi connectivity index (χ3n) is 8.25. The minimum atomic E-state index is -1.01. The van der Waals surface area contributed by atoms with Gasteiger partial charge in [0.25, 0.3) is 0 Å². The van der Waals surface area contributed by atoms with Crippen LogP contribution in [0.2, 0.25) is 0 Å². The Morgan fingerprint density at radius 1 is 1.21 bits per heavy atom. The summed E-state index contributed by atoms with van der Waals surface area (Å²) in [7, 11) is 1.83. The van der Waals surface area contributed by atoms with Crippen molar-refractivity contribution in [3.05, 3.63) is 57.1 Å². The number of aromatic nitrogens is 2. The first-order chi connectivity index (χ1) is 16.2. The molecule has 2 aliphatic carbocycles. The highest BCUT2D eigenvalue weighted by Crippen LogP contribution is 2.40. The second-order valence-electron chi connectivity index (χ2n) is 11.2. The van der Waals surface area contributed by atoms with Gasteiger partial charge in [-0.2, -0.15) is 0 Å². The molecule has 4 unspecified atom stereocenters. The number of hydrogen-bond donors (Lipinski definition) is 1. The number of allylic oxidation sites excluding steroid dienone is 1. The van der Waals surface area contributed by atoms with E-state index in [0.29, 0.717) is 17.8 Å². The highest BCUT2D eigenvalue weighted by molar-refractivity contribution is 9.10. The lowest BCUT2D eigenvalue weighted by molar-refractivity contribution is -0.0167. The van der Waals surface area contributed by atoms with Gasteiger partial charge in [0.05, 0.1) is 23.5 Å². The van der Waals surface area contributed by atoms with Crippen LogP contribution in [-0.2, 0) is 23.2 Å². The van der Waals surface area contributed by atoms with Crippen LogP contribution < -0.4 is 0 Å². The van der Waals surface area contributed by atoms with Crippen molar-refractivity contribution in [1.82, 2.24) is 14.5 Å². The second-order valence-corrected chi connectivity index (χ2v) is 12.1. The summed E-state index contributed by atoms with van der Waals surface area (Å²) in [4.78, 5) is 7.61. The van der Waals surface area contributed by atoms with Gasteiger partial charge in [0.2, 0.25) is 0 Å². The normalized spacial score (nSPS) is 29.3. The Morgan fingerprint density at radius 3 is 2.71 bits per heavy atom. The van der Waals surface area contributed by atoms with E-state index in [-0.39, 0.29) is 12.1 Å². The topological polar surface area (TPSA) is 50.5 Å². The van der Waals surface area contributed by atoms with Crippen LogP contribution in [0.25, 0.3) is 6.08 Å². The molecule has 1 aromatic heterocycles. The van der Waals surface area contributed by atoms with Crippen LogP contribution >= 0.6 is 15.9 Å². The zero-order valence-electron chi connectivity index (χ0n) is 21.1. The molecule has 3 aliphatic rings. The highest BCUT2D eigenvalue weighted by Gasteiger charge is 2.39. The number of piperidine rings is 1. The standard InChI is InChI=1S/C28H38BrN3O2/c1-17-6-9-24-26(18(17)2)30-27(28(3,4)33)32(24)23-10-11-31(16-25(23)34-5)15-19-12-20-7-8-22(29)14-21(20)13-19/h6-9,14,17-19,23,25,33H,10-13,15-16H2,1-5H3/t17?,18?,19?,23?,25-/m1/s1. The van der Waals surface area contributed by atoms with E-state index in [2.05, 4.69) is 69.6 Å². The van der Waals surface area contributed by atoms with E-state index >= 15 is 0 Å². The van der Waals surface area contributed by atoms with E-state index in [1.54, 1.807) is 0 Å². The Bertz CT molecular complexity index is 1090. The van der Waals surface area contributed by atoms with E-state index in [4.69, 9.17) is 9.72 Å². The summed E-state index contributed by atoms with van der Waals surface area (Å²) < 4.78 is 9.59. The average Bonchev–Trinajstić information content (AvgIpc) is 3.37. The molecule has 0 radical (unpaired) electrons. The van der Waals surface area contributed by atoms with E-state index in [9.17, 15) is 5.11 Å². The summed E-state index contributed by atoms with van der Waals surface area (Å²) in [6.07, 6.45) is 7.88. The Labute approximate surface area is 212 Å². The van der Waals surface area contributed by atoms with Crippen molar-refractivity contribution in [3.8, 4) is 0 Å². The summed E-state index contributed by atoms with van der Waals surface area (Å²) in [5, 5.41) is 11.0. The van der Waals surface area contributed by atoms with Crippen LogP contribution in [0.4, 0.5) is 0 Å². The summed E-state index contributed by atoms with van der Waals surface area (Å²) in [6.45, 7) is 11.2. The van der Waals surface area contributed by atoms with Gasteiger partial charge in [-0.1, -0.05) is 41.9 Å². The third-order valence-corrected chi connectivity index (χ3v) is 8.74. The molecule has 34 heavy (non-hydrogen) atoms.